The molecule has 0 amide bonds. The number of fused-ring (bicyclic) bond motifs is 1. The van der Waals surface area contributed by atoms with Crippen molar-refractivity contribution in [2.24, 2.45) is 0 Å². The highest BCUT2D eigenvalue weighted by atomic mass is 19.2. The molecule has 3 aliphatic heterocycles. The van der Waals surface area contributed by atoms with E-state index in [0.717, 1.165) is 69.0 Å². The van der Waals surface area contributed by atoms with Crippen LogP contribution in [0.4, 0.5) is 13.2 Å². The summed E-state index contributed by atoms with van der Waals surface area (Å²) in [5, 5.41) is 6.98. The summed E-state index contributed by atoms with van der Waals surface area (Å²) in [6.07, 6.45) is 4.58. The Kier molecular flexibility index (Phi) is 5.59. The van der Waals surface area contributed by atoms with Crippen molar-refractivity contribution < 1.29 is 17.9 Å². The minimum atomic E-state index is -1.04. The molecule has 1 atom stereocenters. The molecule has 3 aliphatic rings. The number of allylic oxidation sites excluding steroid dienone is 2. The zero-order valence-electron chi connectivity index (χ0n) is 15.4. The number of halogens is 3. The summed E-state index contributed by atoms with van der Waals surface area (Å²) in [7, 11) is 0. The van der Waals surface area contributed by atoms with E-state index in [-0.39, 0.29) is 11.5 Å². The lowest BCUT2D eigenvalue weighted by atomic mass is 9.95. The third-order valence-corrected chi connectivity index (χ3v) is 5.84. The summed E-state index contributed by atoms with van der Waals surface area (Å²) in [4.78, 5) is 2.12. The second-order valence-electron chi connectivity index (χ2n) is 7.58. The minimum Gasteiger partial charge on any atom is -0.381 e. The molecular weight excluding hydrogens is 355 g/mol. The van der Waals surface area contributed by atoms with Crippen LogP contribution < -0.4 is 10.6 Å². The summed E-state index contributed by atoms with van der Waals surface area (Å²) in [6, 6.07) is 2.41. The number of nitrogens with one attached hydrogen (secondary N) is 2. The standard InChI is InChI=1S/C20H26F3N3O/c21-15-3-4-16(22)20(23)19(15)13-10-18-17(25-12-26(18)11-13)2-1-7-24-14-5-8-27-9-6-14/h3-4,13-14,24-25H,1-2,5-12H2/t13-/m0/s1. The molecule has 0 aliphatic carbocycles. The predicted octanol–water partition coefficient (Wildman–Crippen LogP) is 3.21. The highest BCUT2D eigenvalue weighted by Gasteiger charge is 2.36. The maximum atomic E-state index is 14.1. The Bertz CT molecular complexity index is 719. The average molecular weight is 381 g/mol. The summed E-state index contributed by atoms with van der Waals surface area (Å²) in [5.41, 5.74) is 2.16. The van der Waals surface area contributed by atoms with E-state index in [2.05, 4.69) is 15.5 Å². The zero-order valence-corrected chi connectivity index (χ0v) is 15.4. The quantitative estimate of drug-likeness (QED) is 0.586. The summed E-state index contributed by atoms with van der Waals surface area (Å²) >= 11 is 0. The van der Waals surface area contributed by atoms with Crippen molar-refractivity contribution in [2.75, 3.05) is 33.0 Å². The van der Waals surface area contributed by atoms with Gasteiger partial charge in [0.05, 0.1) is 6.67 Å². The van der Waals surface area contributed by atoms with Gasteiger partial charge in [0.1, 0.15) is 5.82 Å². The molecule has 3 heterocycles. The normalized spacial score (nSPS) is 23.1. The van der Waals surface area contributed by atoms with Crippen LogP contribution in [0.5, 0.6) is 0 Å². The van der Waals surface area contributed by atoms with Crippen molar-refractivity contribution in [3.63, 3.8) is 0 Å². The Labute approximate surface area is 157 Å². The monoisotopic (exact) mass is 381 g/mol. The van der Waals surface area contributed by atoms with Crippen LogP contribution >= 0.6 is 0 Å². The van der Waals surface area contributed by atoms with E-state index < -0.39 is 17.5 Å². The molecule has 2 fully saturated rings. The van der Waals surface area contributed by atoms with Gasteiger partial charge in [0.25, 0.3) is 0 Å². The minimum absolute atomic E-state index is 0.113. The van der Waals surface area contributed by atoms with Gasteiger partial charge in [-0.05, 0) is 50.8 Å². The molecule has 2 saturated heterocycles. The first-order valence-electron chi connectivity index (χ1n) is 9.79. The van der Waals surface area contributed by atoms with Gasteiger partial charge in [-0.1, -0.05) is 0 Å². The van der Waals surface area contributed by atoms with Gasteiger partial charge in [-0.2, -0.15) is 0 Å². The molecule has 0 bridgehead atoms. The fraction of sp³-hybridized carbons (Fsp3) is 0.600. The van der Waals surface area contributed by atoms with Gasteiger partial charge in [0.2, 0.25) is 0 Å². The molecule has 1 aromatic rings. The van der Waals surface area contributed by atoms with E-state index in [1.165, 1.54) is 0 Å². The number of nitrogens with zero attached hydrogens (tertiary/aromatic N) is 1. The van der Waals surface area contributed by atoms with Crippen molar-refractivity contribution in [3.8, 4) is 0 Å². The third kappa shape index (κ3) is 3.94. The molecule has 0 saturated carbocycles. The molecule has 4 rings (SSSR count). The molecule has 7 heteroatoms. The maximum Gasteiger partial charge on any atom is 0.165 e. The van der Waals surface area contributed by atoms with Gasteiger partial charge in [-0.15, -0.1) is 0 Å². The Morgan fingerprint density at radius 3 is 2.74 bits per heavy atom. The largest absolute Gasteiger partial charge is 0.381 e. The molecule has 0 spiro atoms. The van der Waals surface area contributed by atoms with Crippen molar-refractivity contribution >= 4 is 0 Å². The van der Waals surface area contributed by atoms with Gasteiger partial charge in [0, 0.05) is 48.7 Å². The summed E-state index contributed by atoms with van der Waals surface area (Å²) < 4.78 is 47.1. The van der Waals surface area contributed by atoms with Crippen LogP contribution in [0.15, 0.2) is 23.5 Å². The first kappa shape index (κ1) is 18.6. The Balaban J connectivity index is 1.35. The van der Waals surface area contributed by atoms with Crippen LogP contribution in [0.3, 0.4) is 0 Å². The lowest BCUT2D eigenvalue weighted by molar-refractivity contribution is 0.0780. The Morgan fingerprint density at radius 1 is 1.15 bits per heavy atom. The molecule has 148 valence electrons. The predicted molar refractivity (Wildman–Crippen MR) is 96.5 cm³/mol. The van der Waals surface area contributed by atoms with E-state index in [1.54, 1.807) is 0 Å². The van der Waals surface area contributed by atoms with Crippen LogP contribution in [-0.2, 0) is 4.74 Å². The SMILES string of the molecule is Fc1ccc(F)c([C@H]2CC3=C(CCCNC4CCOCC4)NCN3C2)c1F. The lowest BCUT2D eigenvalue weighted by Crippen LogP contribution is -2.35. The second kappa shape index (κ2) is 8.10. The fourth-order valence-electron chi connectivity index (χ4n) is 4.39. The van der Waals surface area contributed by atoms with Gasteiger partial charge in [-0.3, -0.25) is 0 Å². The third-order valence-electron chi connectivity index (χ3n) is 5.84. The first-order valence-corrected chi connectivity index (χ1v) is 9.79. The Morgan fingerprint density at radius 2 is 1.93 bits per heavy atom. The Hall–Kier alpha value is -1.73. The zero-order chi connectivity index (χ0) is 18.8. The van der Waals surface area contributed by atoms with Crippen molar-refractivity contribution in [2.45, 2.75) is 44.1 Å². The molecule has 0 unspecified atom stereocenters. The number of ether oxygens (including phenoxy) is 1. The van der Waals surface area contributed by atoms with Gasteiger partial charge < -0.3 is 20.3 Å². The van der Waals surface area contributed by atoms with Crippen LogP contribution in [-0.4, -0.2) is 43.9 Å². The van der Waals surface area contributed by atoms with E-state index >= 15 is 0 Å². The van der Waals surface area contributed by atoms with Crippen LogP contribution in [0, 0.1) is 17.5 Å². The molecule has 4 nitrogen and oxygen atoms in total. The topological polar surface area (TPSA) is 36.5 Å². The van der Waals surface area contributed by atoms with Crippen LogP contribution in [0.1, 0.15) is 43.6 Å². The van der Waals surface area contributed by atoms with Crippen molar-refractivity contribution in [1.29, 1.82) is 0 Å². The van der Waals surface area contributed by atoms with E-state index in [4.69, 9.17) is 4.74 Å². The molecule has 2 N–H and O–H groups in total. The number of hydrogen-bond donors (Lipinski definition) is 2. The van der Waals surface area contributed by atoms with Crippen molar-refractivity contribution in [3.05, 3.63) is 46.5 Å². The summed E-state index contributed by atoms with van der Waals surface area (Å²) in [5.74, 6) is -3.02. The highest BCUT2D eigenvalue weighted by Crippen LogP contribution is 2.40. The lowest BCUT2D eigenvalue weighted by Gasteiger charge is -2.23. The fourth-order valence-corrected chi connectivity index (χ4v) is 4.39. The maximum absolute atomic E-state index is 14.1. The smallest absolute Gasteiger partial charge is 0.165 e. The number of hydrogen-bond acceptors (Lipinski definition) is 4. The van der Waals surface area contributed by atoms with Crippen molar-refractivity contribution in [1.82, 2.24) is 15.5 Å². The summed E-state index contributed by atoms with van der Waals surface area (Å²) in [6.45, 7) is 3.78. The van der Waals surface area contributed by atoms with Gasteiger partial charge in [0.15, 0.2) is 11.6 Å². The van der Waals surface area contributed by atoms with E-state index in [0.29, 0.717) is 25.7 Å². The van der Waals surface area contributed by atoms with Crippen LogP contribution in [0.25, 0.3) is 0 Å². The second-order valence-corrected chi connectivity index (χ2v) is 7.58. The van der Waals surface area contributed by atoms with Gasteiger partial charge >= 0.3 is 0 Å². The van der Waals surface area contributed by atoms with E-state index in [1.807, 2.05) is 0 Å². The molecule has 27 heavy (non-hydrogen) atoms. The average Bonchev–Trinajstić information content (AvgIpc) is 3.24. The molecular formula is C20H26F3N3O. The van der Waals surface area contributed by atoms with E-state index in [9.17, 15) is 13.2 Å². The molecule has 1 aromatic carbocycles. The highest BCUT2D eigenvalue weighted by molar-refractivity contribution is 5.32. The first-order chi connectivity index (χ1) is 13.1. The molecule has 0 radical (unpaired) electrons. The van der Waals surface area contributed by atoms with Crippen LogP contribution in [0.2, 0.25) is 0 Å². The molecule has 0 aromatic heterocycles. The number of benzene rings is 1. The van der Waals surface area contributed by atoms with Gasteiger partial charge in [-0.25, -0.2) is 13.2 Å². The number of rotatable bonds is 6.